The number of carboxylic acid groups (broad SMARTS) is 1. The molecule has 0 heterocycles. The first-order chi connectivity index (χ1) is 8.51. The van der Waals surface area contributed by atoms with Crippen LogP contribution < -0.4 is 4.74 Å². The number of hydrogen-bond acceptors (Lipinski definition) is 2. The van der Waals surface area contributed by atoms with Crippen molar-refractivity contribution in [3.63, 3.8) is 0 Å². The third-order valence-corrected chi connectivity index (χ3v) is 3.58. The number of ether oxygens (including phenoxy) is 1. The van der Waals surface area contributed by atoms with Gasteiger partial charge in [0.2, 0.25) is 0 Å². The summed E-state index contributed by atoms with van der Waals surface area (Å²) in [5.41, 5.74) is -1.32. The Morgan fingerprint density at radius 1 is 1.33 bits per heavy atom. The largest absolute Gasteiger partial charge is 0.496 e. The Morgan fingerprint density at radius 3 is 2.44 bits per heavy atom. The number of methoxy groups -OCH3 is 1. The highest BCUT2D eigenvalue weighted by molar-refractivity contribution is 5.83. The highest BCUT2D eigenvalue weighted by atomic mass is 19.1. The third kappa shape index (κ3) is 1.83. The quantitative estimate of drug-likeness (QED) is 0.904. The number of carboxylic acids is 1. The molecule has 3 nitrogen and oxygen atoms in total. The van der Waals surface area contributed by atoms with Gasteiger partial charge in [-0.05, 0) is 12.8 Å². The van der Waals surface area contributed by atoms with Gasteiger partial charge in [0.1, 0.15) is 17.4 Å². The number of halogens is 2. The van der Waals surface area contributed by atoms with Crippen molar-refractivity contribution in [2.75, 3.05) is 7.11 Å². The molecule has 0 aliphatic heterocycles. The molecular formula is C13H14F2O3. The van der Waals surface area contributed by atoms with Crippen LogP contribution in [0.3, 0.4) is 0 Å². The fourth-order valence-electron chi connectivity index (χ4n) is 2.72. The van der Waals surface area contributed by atoms with Crippen LogP contribution in [0.5, 0.6) is 5.75 Å². The zero-order valence-electron chi connectivity index (χ0n) is 10.0. The zero-order valence-corrected chi connectivity index (χ0v) is 10.0. The zero-order chi connectivity index (χ0) is 13.3. The molecule has 0 amide bonds. The molecule has 0 atom stereocenters. The van der Waals surface area contributed by atoms with E-state index in [1.807, 2.05) is 0 Å². The van der Waals surface area contributed by atoms with Gasteiger partial charge >= 0.3 is 5.97 Å². The Balaban J connectivity index is 2.65. The summed E-state index contributed by atoms with van der Waals surface area (Å²) in [7, 11) is 1.28. The highest BCUT2D eigenvalue weighted by Crippen LogP contribution is 2.46. The third-order valence-electron chi connectivity index (χ3n) is 3.58. The van der Waals surface area contributed by atoms with Gasteiger partial charge in [0.15, 0.2) is 0 Å². The summed E-state index contributed by atoms with van der Waals surface area (Å²) in [6.07, 6.45) is 2.13. The Bertz CT molecular complexity index is 479. The molecule has 0 bridgehead atoms. The first kappa shape index (κ1) is 12.8. The van der Waals surface area contributed by atoms with Crippen LogP contribution in [0, 0.1) is 11.6 Å². The predicted octanol–water partition coefficient (Wildman–Crippen LogP) is 2.87. The van der Waals surface area contributed by atoms with Crippen LogP contribution in [0.25, 0.3) is 0 Å². The number of benzene rings is 1. The Morgan fingerprint density at radius 2 is 1.94 bits per heavy atom. The molecule has 98 valence electrons. The summed E-state index contributed by atoms with van der Waals surface area (Å²) in [6.45, 7) is 0. The average molecular weight is 256 g/mol. The molecule has 0 saturated heterocycles. The lowest BCUT2D eigenvalue weighted by atomic mass is 9.78. The summed E-state index contributed by atoms with van der Waals surface area (Å²) in [5.74, 6) is -2.73. The van der Waals surface area contributed by atoms with Gasteiger partial charge < -0.3 is 9.84 Å². The molecule has 1 aliphatic rings. The van der Waals surface area contributed by atoms with Crippen molar-refractivity contribution in [2.24, 2.45) is 0 Å². The van der Waals surface area contributed by atoms with Crippen LogP contribution in [0.4, 0.5) is 8.78 Å². The second-order valence-electron chi connectivity index (χ2n) is 4.56. The van der Waals surface area contributed by atoms with Crippen molar-refractivity contribution < 1.29 is 23.4 Å². The SMILES string of the molecule is COc1cc(F)cc(F)c1C1(C(=O)O)CCCC1. The summed E-state index contributed by atoms with van der Waals surface area (Å²) < 4.78 is 32.1. The van der Waals surface area contributed by atoms with E-state index in [4.69, 9.17) is 4.74 Å². The van der Waals surface area contributed by atoms with Gasteiger partial charge in [0.25, 0.3) is 0 Å². The van der Waals surface area contributed by atoms with Crippen LogP contribution in [-0.2, 0) is 10.2 Å². The molecule has 1 aliphatic carbocycles. The van der Waals surface area contributed by atoms with Crippen molar-refractivity contribution in [1.29, 1.82) is 0 Å². The monoisotopic (exact) mass is 256 g/mol. The van der Waals surface area contributed by atoms with E-state index in [1.165, 1.54) is 7.11 Å². The van der Waals surface area contributed by atoms with Gasteiger partial charge in [-0.25, -0.2) is 8.78 Å². The number of hydrogen-bond donors (Lipinski definition) is 1. The molecule has 1 N–H and O–H groups in total. The number of carbonyl (C=O) groups is 1. The topological polar surface area (TPSA) is 46.5 Å². The fourth-order valence-corrected chi connectivity index (χ4v) is 2.72. The van der Waals surface area contributed by atoms with Crippen molar-refractivity contribution >= 4 is 5.97 Å². The lowest BCUT2D eigenvalue weighted by Gasteiger charge is -2.26. The van der Waals surface area contributed by atoms with Crippen LogP contribution in [-0.4, -0.2) is 18.2 Å². The Hall–Kier alpha value is -1.65. The molecule has 1 aromatic carbocycles. The van der Waals surface area contributed by atoms with Crippen molar-refractivity contribution in [3.8, 4) is 5.75 Å². The first-order valence-electron chi connectivity index (χ1n) is 5.78. The van der Waals surface area contributed by atoms with Crippen LogP contribution in [0.2, 0.25) is 0 Å². The van der Waals surface area contributed by atoms with Gasteiger partial charge in [-0.1, -0.05) is 12.8 Å². The van der Waals surface area contributed by atoms with E-state index >= 15 is 0 Å². The minimum absolute atomic E-state index is 0.0307. The summed E-state index contributed by atoms with van der Waals surface area (Å²) in [4.78, 5) is 11.5. The van der Waals surface area contributed by atoms with Crippen LogP contribution in [0.15, 0.2) is 12.1 Å². The van der Waals surface area contributed by atoms with Crippen LogP contribution >= 0.6 is 0 Å². The highest BCUT2D eigenvalue weighted by Gasteiger charge is 2.46. The molecule has 0 aromatic heterocycles. The van der Waals surface area contributed by atoms with Gasteiger partial charge in [-0.15, -0.1) is 0 Å². The van der Waals surface area contributed by atoms with E-state index in [0.29, 0.717) is 31.7 Å². The molecule has 1 aromatic rings. The van der Waals surface area contributed by atoms with Crippen molar-refractivity contribution in [3.05, 3.63) is 29.3 Å². The first-order valence-corrected chi connectivity index (χ1v) is 5.78. The van der Waals surface area contributed by atoms with Crippen molar-refractivity contribution in [1.82, 2.24) is 0 Å². The van der Waals surface area contributed by atoms with Crippen molar-refractivity contribution in [2.45, 2.75) is 31.1 Å². The number of rotatable bonds is 3. The van der Waals surface area contributed by atoms with E-state index in [0.717, 1.165) is 6.07 Å². The Kier molecular flexibility index (Phi) is 3.24. The summed E-state index contributed by atoms with van der Waals surface area (Å²) in [6, 6.07) is 1.74. The second kappa shape index (κ2) is 4.55. The lowest BCUT2D eigenvalue weighted by Crippen LogP contribution is -2.34. The van der Waals surface area contributed by atoms with E-state index in [2.05, 4.69) is 0 Å². The maximum absolute atomic E-state index is 14.0. The van der Waals surface area contributed by atoms with Gasteiger partial charge in [0, 0.05) is 17.7 Å². The predicted molar refractivity (Wildman–Crippen MR) is 60.7 cm³/mol. The molecule has 5 heteroatoms. The van der Waals surface area contributed by atoms with Gasteiger partial charge in [-0.3, -0.25) is 4.79 Å². The minimum atomic E-state index is -1.29. The van der Waals surface area contributed by atoms with E-state index in [-0.39, 0.29) is 11.3 Å². The van der Waals surface area contributed by atoms with E-state index < -0.39 is 23.0 Å². The maximum Gasteiger partial charge on any atom is 0.314 e. The molecule has 0 spiro atoms. The summed E-state index contributed by atoms with van der Waals surface area (Å²) in [5, 5.41) is 9.41. The minimum Gasteiger partial charge on any atom is -0.496 e. The maximum atomic E-state index is 14.0. The normalized spacial score (nSPS) is 17.7. The molecule has 0 radical (unpaired) electrons. The van der Waals surface area contributed by atoms with E-state index in [9.17, 15) is 18.7 Å². The molecule has 0 unspecified atom stereocenters. The fraction of sp³-hybridized carbons (Fsp3) is 0.462. The smallest absolute Gasteiger partial charge is 0.314 e. The Labute approximate surface area is 103 Å². The van der Waals surface area contributed by atoms with Gasteiger partial charge in [0.05, 0.1) is 12.5 Å². The van der Waals surface area contributed by atoms with Gasteiger partial charge in [-0.2, -0.15) is 0 Å². The molecule has 1 fully saturated rings. The standard InChI is InChI=1S/C13H14F2O3/c1-18-10-7-8(14)6-9(15)11(10)13(12(16)17)4-2-3-5-13/h6-7H,2-5H2,1H3,(H,16,17). The summed E-state index contributed by atoms with van der Waals surface area (Å²) >= 11 is 0. The second-order valence-corrected chi connectivity index (χ2v) is 4.56. The molecule has 18 heavy (non-hydrogen) atoms. The molecule has 1 saturated carbocycles. The average Bonchev–Trinajstić information content (AvgIpc) is 2.78. The lowest BCUT2D eigenvalue weighted by molar-refractivity contribution is -0.143. The molecule has 2 rings (SSSR count). The van der Waals surface area contributed by atoms with E-state index in [1.54, 1.807) is 0 Å². The van der Waals surface area contributed by atoms with Crippen LogP contribution in [0.1, 0.15) is 31.2 Å². The number of aliphatic carboxylic acids is 1. The molecular weight excluding hydrogens is 242 g/mol.